The van der Waals surface area contributed by atoms with Gasteiger partial charge in [0.15, 0.2) is 0 Å². The van der Waals surface area contributed by atoms with Crippen LogP contribution < -0.4 is 10.9 Å². The molecule has 6 heteroatoms. The summed E-state index contributed by atoms with van der Waals surface area (Å²) < 4.78 is 0. The molecule has 26 heavy (non-hydrogen) atoms. The van der Waals surface area contributed by atoms with Crippen LogP contribution >= 0.6 is 0 Å². The van der Waals surface area contributed by atoms with E-state index in [4.69, 9.17) is 0 Å². The number of carbonyl (C=O) groups excluding carboxylic acids is 1. The van der Waals surface area contributed by atoms with Crippen molar-refractivity contribution in [2.75, 3.05) is 7.05 Å². The summed E-state index contributed by atoms with van der Waals surface area (Å²) in [4.78, 5) is 33.7. The number of nitrogens with one attached hydrogen (secondary N) is 2. The van der Waals surface area contributed by atoms with Crippen molar-refractivity contribution in [3.63, 3.8) is 0 Å². The van der Waals surface area contributed by atoms with E-state index in [2.05, 4.69) is 15.3 Å². The zero-order valence-corrected chi connectivity index (χ0v) is 14.9. The molecule has 1 heterocycles. The number of hydrogen-bond acceptors (Lipinski definition) is 4. The van der Waals surface area contributed by atoms with Gasteiger partial charge in [-0.3, -0.25) is 14.5 Å². The van der Waals surface area contributed by atoms with Gasteiger partial charge in [-0.15, -0.1) is 0 Å². The highest BCUT2D eigenvalue weighted by Crippen LogP contribution is 2.08. The first kappa shape index (κ1) is 17.8. The summed E-state index contributed by atoms with van der Waals surface area (Å²) in [6.45, 7) is 2.70. The van der Waals surface area contributed by atoms with Crippen LogP contribution in [0.5, 0.6) is 0 Å². The Morgan fingerprint density at radius 1 is 1.15 bits per heavy atom. The van der Waals surface area contributed by atoms with Crippen molar-refractivity contribution >= 4 is 16.8 Å². The number of fused-ring (bicyclic) bond motifs is 1. The summed E-state index contributed by atoms with van der Waals surface area (Å²) in [5, 5.41) is 3.50. The van der Waals surface area contributed by atoms with Crippen LogP contribution in [-0.4, -0.2) is 33.9 Å². The SMILES string of the molecule is C[C@H](C(=O)NCc1ccccc1)N(C)Cc1nc2ccccc2c(=O)[nH]1. The van der Waals surface area contributed by atoms with Crippen molar-refractivity contribution in [1.29, 1.82) is 0 Å². The fourth-order valence-electron chi connectivity index (χ4n) is 2.72. The molecular weight excluding hydrogens is 328 g/mol. The number of aromatic nitrogens is 2. The summed E-state index contributed by atoms with van der Waals surface area (Å²) in [6, 6.07) is 16.6. The van der Waals surface area contributed by atoms with Gasteiger partial charge in [-0.2, -0.15) is 0 Å². The maximum atomic E-state index is 12.4. The zero-order chi connectivity index (χ0) is 18.5. The number of likely N-dealkylation sites (N-methyl/N-ethyl adjacent to an activating group) is 1. The molecule has 0 aliphatic rings. The fraction of sp³-hybridized carbons (Fsp3) is 0.250. The van der Waals surface area contributed by atoms with Crippen molar-refractivity contribution in [2.24, 2.45) is 0 Å². The van der Waals surface area contributed by atoms with Gasteiger partial charge < -0.3 is 10.3 Å². The van der Waals surface area contributed by atoms with E-state index in [1.807, 2.05) is 67.4 Å². The van der Waals surface area contributed by atoms with Crippen molar-refractivity contribution in [1.82, 2.24) is 20.2 Å². The molecule has 0 spiro atoms. The number of nitrogens with zero attached hydrogens (tertiary/aromatic N) is 2. The second-order valence-electron chi connectivity index (χ2n) is 6.32. The maximum absolute atomic E-state index is 12.4. The Morgan fingerprint density at radius 2 is 1.85 bits per heavy atom. The van der Waals surface area contributed by atoms with Gasteiger partial charge in [0.1, 0.15) is 5.82 Å². The smallest absolute Gasteiger partial charge is 0.258 e. The van der Waals surface area contributed by atoms with Crippen molar-refractivity contribution in [3.05, 3.63) is 76.3 Å². The average molecular weight is 350 g/mol. The first-order valence-corrected chi connectivity index (χ1v) is 8.54. The molecule has 2 N–H and O–H groups in total. The van der Waals surface area contributed by atoms with Crippen molar-refractivity contribution < 1.29 is 4.79 Å². The molecule has 2 aromatic carbocycles. The topological polar surface area (TPSA) is 78.1 Å². The fourth-order valence-corrected chi connectivity index (χ4v) is 2.72. The van der Waals surface area contributed by atoms with E-state index in [1.54, 1.807) is 6.07 Å². The lowest BCUT2D eigenvalue weighted by atomic mass is 10.2. The monoisotopic (exact) mass is 350 g/mol. The van der Waals surface area contributed by atoms with E-state index in [-0.39, 0.29) is 17.5 Å². The minimum Gasteiger partial charge on any atom is -0.351 e. The Morgan fingerprint density at radius 3 is 2.62 bits per heavy atom. The molecular formula is C20H22N4O2. The molecule has 134 valence electrons. The van der Waals surface area contributed by atoms with Gasteiger partial charge in [0.05, 0.1) is 23.5 Å². The van der Waals surface area contributed by atoms with Crippen LogP contribution in [0.4, 0.5) is 0 Å². The van der Waals surface area contributed by atoms with Crippen LogP contribution in [0.3, 0.4) is 0 Å². The van der Waals surface area contributed by atoms with Gasteiger partial charge >= 0.3 is 0 Å². The number of carbonyl (C=O) groups is 1. The molecule has 0 bridgehead atoms. The van der Waals surface area contributed by atoms with Gasteiger partial charge in [0, 0.05) is 6.54 Å². The molecule has 0 unspecified atom stereocenters. The normalized spacial score (nSPS) is 12.3. The highest BCUT2D eigenvalue weighted by Gasteiger charge is 2.19. The molecule has 6 nitrogen and oxygen atoms in total. The van der Waals surface area contributed by atoms with Gasteiger partial charge in [-0.1, -0.05) is 42.5 Å². The molecule has 0 radical (unpaired) electrons. The van der Waals surface area contributed by atoms with Crippen molar-refractivity contribution in [2.45, 2.75) is 26.1 Å². The van der Waals surface area contributed by atoms with Gasteiger partial charge in [0.25, 0.3) is 5.56 Å². The number of amides is 1. The lowest BCUT2D eigenvalue weighted by Gasteiger charge is -2.23. The minimum atomic E-state index is -0.351. The average Bonchev–Trinajstić information content (AvgIpc) is 2.66. The van der Waals surface area contributed by atoms with Gasteiger partial charge in [-0.25, -0.2) is 4.98 Å². The predicted octanol–water partition coefficient (Wildman–Crippen LogP) is 2.06. The van der Waals surface area contributed by atoms with Gasteiger partial charge in [0.2, 0.25) is 5.91 Å². The van der Waals surface area contributed by atoms with Crippen LogP contribution in [-0.2, 0) is 17.9 Å². The van der Waals surface area contributed by atoms with Crippen LogP contribution in [0, 0.1) is 0 Å². The first-order chi connectivity index (χ1) is 12.5. The molecule has 0 aliphatic heterocycles. The molecule has 3 aromatic rings. The van der Waals surface area contributed by atoms with Crippen LogP contribution in [0.2, 0.25) is 0 Å². The Labute approximate surface area is 151 Å². The van der Waals surface area contributed by atoms with E-state index in [1.165, 1.54) is 0 Å². The maximum Gasteiger partial charge on any atom is 0.258 e. The zero-order valence-electron chi connectivity index (χ0n) is 14.9. The third-order valence-electron chi connectivity index (χ3n) is 4.41. The molecule has 1 aromatic heterocycles. The largest absolute Gasteiger partial charge is 0.351 e. The lowest BCUT2D eigenvalue weighted by molar-refractivity contribution is -0.125. The van der Waals surface area contributed by atoms with E-state index in [0.717, 1.165) is 5.56 Å². The summed E-state index contributed by atoms with van der Waals surface area (Å²) in [5.74, 6) is 0.471. The second kappa shape index (κ2) is 7.93. The highest BCUT2D eigenvalue weighted by molar-refractivity contribution is 5.81. The number of rotatable bonds is 6. The predicted molar refractivity (Wildman–Crippen MR) is 102 cm³/mol. The van der Waals surface area contributed by atoms with E-state index in [9.17, 15) is 9.59 Å². The van der Waals surface area contributed by atoms with E-state index < -0.39 is 0 Å². The summed E-state index contributed by atoms with van der Waals surface area (Å²) >= 11 is 0. The molecule has 0 aliphatic carbocycles. The van der Waals surface area contributed by atoms with Gasteiger partial charge in [-0.05, 0) is 31.7 Å². The number of para-hydroxylation sites is 1. The number of benzene rings is 2. The Kier molecular flexibility index (Phi) is 5.43. The third kappa shape index (κ3) is 4.15. The van der Waals surface area contributed by atoms with Crippen LogP contribution in [0.15, 0.2) is 59.4 Å². The Balaban J connectivity index is 1.64. The summed E-state index contributed by atoms with van der Waals surface area (Å²) in [6.07, 6.45) is 0. The minimum absolute atomic E-state index is 0.0699. The van der Waals surface area contributed by atoms with Crippen LogP contribution in [0.1, 0.15) is 18.3 Å². The second-order valence-corrected chi connectivity index (χ2v) is 6.32. The Hall–Kier alpha value is -2.99. The summed E-state index contributed by atoms with van der Waals surface area (Å²) in [5.41, 5.74) is 1.54. The van der Waals surface area contributed by atoms with Crippen molar-refractivity contribution in [3.8, 4) is 0 Å². The van der Waals surface area contributed by atoms with E-state index in [0.29, 0.717) is 29.8 Å². The highest BCUT2D eigenvalue weighted by atomic mass is 16.2. The molecule has 0 fully saturated rings. The number of aromatic amines is 1. The molecule has 1 amide bonds. The molecule has 3 rings (SSSR count). The molecule has 0 saturated heterocycles. The molecule has 0 saturated carbocycles. The quantitative estimate of drug-likeness (QED) is 0.713. The number of H-pyrrole nitrogens is 1. The summed E-state index contributed by atoms with van der Waals surface area (Å²) in [7, 11) is 1.84. The molecule has 1 atom stereocenters. The standard InChI is InChI=1S/C20H22N4O2/c1-14(19(25)21-12-15-8-4-3-5-9-15)24(2)13-18-22-17-11-7-6-10-16(17)20(26)23-18/h3-11,14H,12-13H2,1-2H3,(H,21,25)(H,22,23,26)/t14-/m1/s1. The number of hydrogen-bond donors (Lipinski definition) is 2. The Bertz CT molecular complexity index is 953. The third-order valence-corrected chi connectivity index (χ3v) is 4.41. The van der Waals surface area contributed by atoms with Crippen LogP contribution in [0.25, 0.3) is 10.9 Å². The first-order valence-electron chi connectivity index (χ1n) is 8.54. The van der Waals surface area contributed by atoms with E-state index >= 15 is 0 Å². The lowest BCUT2D eigenvalue weighted by Crippen LogP contribution is -2.43.